The summed E-state index contributed by atoms with van der Waals surface area (Å²) >= 11 is 0. The summed E-state index contributed by atoms with van der Waals surface area (Å²) in [5.41, 5.74) is 13.1. The van der Waals surface area contributed by atoms with E-state index in [4.69, 9.17) is 0 Å². The van der Waals surface area contributed by atoms with Gasteiger partial charge in [-0.25, -0.2) is 0 Å². The average Bonchev–Trinajstić information content (AvgIpc) is 3.21. The molecule has 55 heavy (non-hydrogen) atoms. The molecule has 0 aromatic heterocycles. The molecule has 0 heterocycles. The van der Waals surface area contributed by atoms with Crippen molar-refractivity contribution in [3.63, 3.8) is 0 Å². The van der Waals surface area contributed by atoms with Crippen LogP contribution >= 0.6 is 0 Å². The van der Waals surface area contributed by atoms with Gasteiger partial charge in [0.15, 0.2) is 0 Å². The summed E-state index contributed by atoms with van der Waals surface area (Å²) in [7, 11) is 0. The van der Waals surface area contributed by atoms with Crippen LogP contribution in [-0.2, 0) is 10.8 Å². The summed E-state index contributed by atoms with van der Waals surface area (Å²) in [6, 6.07) is 53.5. The smallest absolute Gasteiger partial charge is 0.0467 e. The second-order valence-electron chi connectivity index (χ2n) is 19.5. The van der Waals surface area contributed by atoms with Crippen LogP contribution in [0.15, 0.2) is 140 Å². The molecule has 6 aromatic rings. The summed E-state index contributed by atoms with van der Waals surface area (Å²) in [6.45, 7) is 0. The van der Waals surface area contributed by atoms with Crippen LogP contribution in [0.4, 0.5) is 17.1 Å². The highest BCUT2D eigenvalue weighted by Crippen LogP contribution is 2.64. The minimum atomic E-state index is 0.350. The minimum absolute atomic E-state index is 0.350. The van der Waals surface area contributed by atoms with Crippen LogP contribution in [0, 0.1) is 35.5 Å². The summed E-state index contributed by atoms with van der Waals surface area (Å²) < 4.78 is 0. The molecule has 0 N–H and O–H groups in total. The van der Waals surface area contributed by atoms with Crippen molar-refractivity contribution >= 4 is 27.8 Å². The van der Waals surface area contributed by atoms with E-state index in [1.807, 2.05) is 0 Å². The quantitative estimate of drug-likeness (QED) is 0.159. The monoisotopic (exact) mass is 715 g/mol. The van der Waals surface area contributed by atoms with E-state index in [-0.39, 0.29) is 0 Å². The highest BCUT2D eigenvalue weighted by Gasteiger charge is 2.54. The Labute approximate surface area is 327 Å². The molecule has 14 rings (SSSR count). The minimum Gasteiger partial charge on any atom is -0.310 e. The molecule has 6 aromatic carbocycles. The molecule has 274 valence electrons. The van der Waals surface area contributed by atoms with Crippen LogP contribution in [-0.4, -0.2) is 0 Å². The maximum atomic E-state index is 2.82. The Balaban J connectivity index is 1.02. The lowest BCUT2D eigenvalue weighted by Gasteiger charge is -2.58. The Morgan fingerprint density at radius 2 is 0.800 bits per heavy atom. The molecule has 8 fully saturated rings. The van der Waals surface area contributed by atoms with Crippen molar-refractivity contribution in [3.05, 3.63) is 151 Å². The molecule has 0 aliphatic heterocycles. The molecule has 0 radical (unpaired) electrons. The lowest BCUT2D eigenvalue weighted by molar-refractivity contribution is -0.00832. The van der Waals surface area contributed by atoms with E-state index in [1.54, 1.807) is 11.1 Å². The number of anilines is 3. The molecule has 8 bridgehead atoms. The van der Waals surface area contributed by atoms with Gasteiger partial charge in [0.05, 0.1) is 0 Å². The van der Waals surface area contributed by atoms with Crippen LogP contribution in [0.1, 0.15) is 88.2 Å². The second-order valence-corrected chi connectivity index (χ2v) is 19.5. The molecule has 0 atom stereocenters. The number of hydrogen-bond donors (Lipinski definition) is 0. The van der Waals surface area contributed by atoms with E-state index >= 15 is 0 Å². The maximum absolute atomic E-state index is 2.82. The predicted molar refractivity (Wildman–Crippen MR) is 229 cm³/mol. The zero-order valence-corrected chi connectivity index (χ0v) is 32.2. The van der Waals surface area contributed by atoms with Crippen molar-refractivity contribution in [2.75, 3.05) is 4.90 Å². The Morgan fingerprint density at radius 1 is 0.364 bits per heavy atom. The molecule has 0 spiro atoms. The second kappa shape index (κ2) is 12.4. The first-order valence-corrected chi connectivity index (χ1v) is 21.7. The zero-order chi connectivity index (χ0) is 36.1. The van der Waals surface area contributed by atoms with Gasteiger partial charge in [-0.2, -0.15) is 0 Å². The topological polar surface area (TPSA) is 3.24 Å². The Hall–Kier alpha value is -4.62. The van der Waals surface area contributed by atoms with Gasteiger partial charge in [0.1, 0.15) is 0 Å². The van der Waals surface area contributed by atoms with Gasteiger partial charge in [0, 0.05) is 17.1 Å². The number of fused-ring (bicyclic) bond motifs is 1. The van der Waals surface area contributed by atoms with Crippen molar-refractivity contribution in [2.24, 2.45) is 35.5 Å². The molecule has 1 nitrogen and oxygen atoms in total. The van der Waals surface area contributed by atoms with Crippen LogP contribution in [0.2, 0.25) is 0 Å². The Bertz CT molecular complexity index is 2250. The van der Waals surface area contributed by atoms with Crippen molar-refractivity contribution in [3.8, 4) is 22.3 Å². The van der Waals surface area contributed by atoms with E-state index in [2.05, 4.69) is 144 Å². The van der Waals surface area contributed by atoms with Crippen molar-refractivity contribution in [2.45, 2.75) is 87.9 Å². The number of benzene rings is 6. The normalized spacial score (nSPS) is 31.3. The molecule has 1 heteroatoms. The summed E-state index contributed by atoms with van der Waals surface area (Å²) in [5, 5.41) is 2.61. The van der Waals surface area contributed by atoms with E-state index < -0.39 is 0 Å². The van der Waals surface area contributed by atoms with Crippen LogP contribution in [0.25, 0.3) is 33.0 Å². The van der Waals surface area contributed by atoms with E-state index in [0.717, 1.165) is 35.5 Å². The average molecular weight is 716 g/mol. The number of nitrogens with zero attached hydrogens (tertiary/aromatic N) is 1. The highest BCUT2D eigenvalue weighted by molar-refractivity contribution is 5.97. The summed E-state index contributed by atoms with van der Waals surface area (Å²) in [6.07, 6.45) is 17.4. The van der Waals surface area contributed by atoms with Gasteiger partial charge in [0.25, 0.3) is 0 Å². The van der Waals surface area contributed by atoms with Gasteiger partial charge in [-0.3, -0.25) is 0 Å². The van der Waals surface area contributed by atoms with Crippen LogP contribution < -0.4 is 4.90 Å². The first-order chi connectivity index (χ1) is 27.0. The first-order valence-electron chi connectivity index (χ1n) is 21.7. The van der Waals surface area contributed by atoms with E-state index in [1.165, 1.54) is 127 Å². The molecule has 0 saturated heterocycles. The fourth-order valence-electron chi connectivity index (χ4n) is 14.4. The van der Waals surface area contributed by atoms with E-state index in [9.17, 15) is 0 Å². The fourth-order valence-corrected chi connectivity index (χ4v) is 14.4. The third-order valence-electron chi connectivity index (χ3n) is 15.9. The van der Waals surface area contributed by atoms with Crippen molar-refractivity contribution in [1.29, 1.82) is 0 Å². The van der Waals surface area contributed by atoms with Crippen LogP contribution in [0.3, 0.4) is 0 Å². The largest absolute Gasteiger partial charge is 0.310 e. The van der Waals surface area contributed by atoms with Gasteiger partial charge in [-0.05, 0) is 204 Å². The molecule has 8 aliphatic carbocycles. The van der Waals surface area contributed by atoms with Gasteiger partial charge in [-0.15, -0.1) is 0 Å². The lowest BCUT2D eigenvalue weighted by Crippen LogP contribution is -2.50. The molecule has 0 amide bonds. The molecular weight excluding hydrogens is 663 g/mol. The third kappa shape index (κ3) is 5.47. The van der Waals surface area contributed by atoms with Crippen LogP contribution in [0.5, 0.6) is 0 Å². The Morgan fingerprint density at radius 3 is 1.33 bits per heavy atom. The standard InChI is InChI=1S/C54H53N/c1-2-7-42(8-3-1)43-13-17-48(18-14-43)55(49-19-15-45(16-20-49)52-12-6-10-44-9-4-5-11-51(44)52)50-28-46(53-30-36-21-37(31-53)23-38(22-36)32-53)27-47(29-50)54-33-39-24-40(34-54)26-41(25-39)35-54/h1-20,27-29,36-41H,21-26,30-35H2. The van der Waals surface area contributed by atoms with Crippen molar-refractivity contribution < 1.29 is 0 Å². The highest BCUT2D eigenvalue weighted by atomic mass is 15.1. The number of hydrogen-bond acceptors (Lipinski definition) is 1. The lowest BCUT2D eigenvalue weighted by atomic mass is 9.46. The zero-order valence-electron chi connectivity index (χ0n) is 32.2. The molecule has 0 unspecified atom stereocenters. The summed E-state index contributed by atoms with van der Waals surface area (Å²) in [4.78, 5) is 2.62. The number of rotatable bonds is 7. The molecule has 8 aliphatic rings. The van der Waals surface area contributed by atoms with Gasteiger partial charge in [-0.1, -0.05) is 103 Å². The van der Waals surface area contributed by atoms with Gasteiger partial charge in [0.2, 0.25) is 0 Å². The molecular formula is C54H53N. The Kier molecular flexibility index (Phi) is 7.38. The molecule has 8 saturated carbocycles. The fraction of sp³-hybridized carbons (Fsp3) is 0.370. The van der Waals surface area contributed by atoms with Gasteiger partial charge >= 0.3 is 0 Å². The van der Waals surface area contributed by atoms with Gasteiger partial charge < -0.3 is 4.90 Å². The van der Waals surface area contributed by atoms with E-state index in [0.29, 0.717) is 10.8 Å². The maximum Gasteiger partial charge on any atom is 0.0467 e. The summed E-state index contributed by atoms with van der Waals surface area (Å²) in [5.74, 6) is 5.59. The third-order valence-corrected chi connectivity index (χ3v) is 15.9. The van der Waals surface area contributed by atoms with Crippen molar-refractivity contribution in [1.82, 2.24) is 0 Å². The SMILES string of the molecule is c1ccc(-c2ccc(N(c3ccc(-c4cccc5ccccc45)cc3)c3cc(C45CC6CC(CC(C6)C4)C5)cc(C45CC6CC(CC(C6)C4)C5)c3)cc2)cc1. The first kappa shape index (κ1) is 32.6. The predicted octanol–water partition coefficient (Wildman–Crippen LogP) is 14.6.